The van der Waals surface area contributed by atoms with Crippen LogP contribution in [0.5, 0.6) is 0 Å². The molecule has 0 aliphatic heterocycles. The van der Waals surface area contributed by atoms with E-state index in [1.165, 1.54) is 5.57 Å². The molecule has 0 fully saturated rings. The number of allylic oxidation sites excluding steroid dienone is 4. The third kappa shape index (κ3) is 5.29. The Morgan fingerprint density at radius 1 is 0.889 bits per heavy atom. The van der Waals surface area contributed by atoms with Gasteiger partial charge in [0.05, 0.1) is 0 Å². The predicted molar refractivity (Wildman–Crippen MR) is 87.3 cm³/mol. The Bertz CT molecular complexity index is 318. The van der Waals surface area contributed by atoms with Crippen molar-refractivity contribution in [2.24, 2.45) is 16.7 Å². The van der Waals surface area contributed by atoms with Gasteiger partial charge in [-0.15, -0.1) is 6.58 Å². The molecule has 0 radical (unpaired) electrons. The number of hydrogen-bond acceptors (Lipinski definition) is 0. The second-order valence-corrected chi connectivity index (χ2v) is 7.80. The topological polar surface area (TPSA) is 0 Å². The van der Waals surface area contributed by atoms with Gasteiger partial charge < -0.3 is 0 Å². The van der Waals surface area contributed by atoms with Gasteiger partial charge in [-0.2, -0.15) is 0 Å². The van der Waals surface area contributed by atoms with Crippen LogP contribution in [0.3, 0.4) is 0 Å². The highest BCUT2D eigenvalue weighted by molar-refractivity contribution is 6.64. The molecule has 102 valence electrons. The van der Waals surface area contributed by atoms with Crippen LogP contribution in [-0.4, -0.2) is 6.71 Å². The minimum absolute atomic E-state index is 0.221. The molecule has 0 N–H and O–H groups in total. The fourth-order valence-corrected chi connectivity index (χ4v) is 2.91. The molecule has 0 aromatic carbocycles. The summed E-state index contributed by atoms with van der Waals surface area (Å²) in [6.07, 6.45) is 4.28. The van der Waals surface area contributed by atoms with Crippen molar-refractivity contribution < 1.29 is 0 Å². The average molecular weight is 246 g/mol. The maximum Gasteiger partial charge on any atom is 0.168 e. The summed E-state index contributed by atoms with van der Waals surface area (Å²) in [7, 11) is 0. The van der Waals surface area contributed by atoms with E-state index in [0.29, 0.717) is 12.6 Å². The maximum atomic E-state index is 4.29. The summed E-state index contributed by atoms with van der Waals surface area (Å²) in [6.45, 7) is 26.9. The zero-order chi connectivity index (χ0) is 14.7. The largest absolute Gasteiger partial charge is 0.168 e. The van der Waals surface area contributed by atoms with Crippen molar-refractivity contribution >= 4 is 6.71 Å². The fraction of sp³-hybridized carbons (Fsp3) is 0.647. The van der Waals surface area contributed by atoms with E-state index in [1.54, 1.807) is 0 Å². The van der Waals surface area contributed by atoms with Gasteiger partial charge in [-0.3, -0.25) is 0 Å². The van der Waals surface area contributed by atoms with Gasteiger partial charge in [-0.05, 0) is 16.7 Å². The van der Waals surface area contributed by atoms with Crippen LogP contribution in [0.4, 0.5) is 0 Å². The standard InChI is InChI=1S/C17H31B/c1-13(11-12-14(2)18(9)10)15(16(3,4)5)17(6,7)8/h11-12,15H,1-2H2,3-10H3/b12-11-. The van der Waals surface area contributed by atoms with Gasteiger partial charge in [0, 0.05) is 0 Å². The zero-order valence-electron chi connectivity index (χ0n) is 13.7. The molecule has 0 rings (SSSR count). The van der Waals surface area contributed by atoms with Gasteiger partial charge in [0.15, 0.2) is 6.71 Å². The third-order valence-electron chi connectivity index (χ3n) is 3.36. The summed E-state index contributed by atoms with van der Waals surface area (Å²) in [4.78, 5) is 0. The van der Waals surface area contributed by atoms with Crippen LogP contribution in [-0.2, 0) is 0 Å². The highest BCUT2D eigenvalue weighted by Crippen LogP contribution is 2.44. The van der Waals surface area contributed by atoms with Crippen LogP contribution in [0.1, 0.15) is 41.5 Å². The van der Waals surface area contributed by atoms with E-state index in [-0.39, 0.29) is 10.8 Å². The Labute approximate surface area is 115 Å². The van der Waals surface area contributed by atoms with Gasteiger partial charge in [0.2, 0.25) is 0 Å². The van der Waals surface area contributed by atoms with Crippen molar-refractivity contribution in [3.63, 3.8) is 0 Å². The van der Waals surface area contributed by atoms with E-state index >= 15 is 0 Å². The Hall–Kier alpha value is -0.715. The molecule has 0 aliphatic rings. The summed E-state index contributed by atoms with van der Waals surface area (Å²) < 4.78 is 0. The first-order valence-electron chi connectivity index (χ1n) is 6.93. The average Bonchev–Trinajstić information content (AvgIpc) is 2.08. The second-order valence-electron chi connectivity index (χ2n) is 7.80. The van der Waals surface area contributed by atoms with Gasteiger partial charge in [-0.25, -0.2) is 0 Å². The quantitative estimate of drug-likeness (QED) is 0.443. The van der Waals surface area contributed by atoms with Crippen molar-refractivity contribution in [3.8, 4) is 0 Å². The highest BCUT2D eigenvalue weighted by Gasteiger charge is 2.35. The molecular formula is C17H31B. The number of hydrogen-bond donors (Lipinski definition) is 0. The lowest BCUT2D eigenvalue weighted by Crippen LogP contribution is -2.33. The van der Waals surface area contributed by atoms with E-state index in [4.69, 9.17) is 0 Å². The predicted octanol–water partition coefficient (Wildman–Crippen LogP) is 5.66. The summed E-state index contributed by atoms with van der Waals surface area (Å²) >= 11 is 0. The molecule has 0 atom stereocenters. The van der Waals surface area contributed by atoms with Gasteiger partial charge >= 0.3 is 0 Å². The molecule has 0 saturated heterocycles. The molecule has 0 amide bonds. The molecule has 0 heterocycles. The van der Waals surface area contributed by atoms with Gasteiger partial charge in [0.1, 0.15) is 0 Å². The fourth-order valence-electron chi connectivity index (χ4n) is 2.91. The normalized spacial score (nSPS) is 13.2. The van der Waals surface area contributed by atoms with Crippen molar-refractivity contribution in [2.75, 3.05) is 0 Å². The molecule has 0 nitrogen and oxygen atoms in total. The Kier molecular flexibility index (Phi) is 5.71. The molecule has 0 saturated carbocycles. The van der Waals surface area contributed by atoms with E-state index in [1.807, 2.05) is 0 Å². The monoisotopic (exact) mass is 246 g/mol. The smallest absolute Gasteiger partial charge is 0.105 e. The van der Waals surface area contributed by atoms with E-state index < -0.39 is 0 Å². The van der Waals surface area contributed by atoms with Crippen LogP contribution in [0, 0.1) is 16.7 Å². The molecule has 0 bridgehead atoms. The Balaban J connectivity index is 5.09. The number of rotatable bonds is 4. The molecule has 0 aromatic rings. The first-order valence-corrected chi connectivity index (χ1v) is 6.93. The lowest BCUT2D eigenvalue weighted by Gasteiger charge is -2.41. The van der Waals surface area contributed by atoms with Crippen molar-refractivity contribution in [3.05, 3.63) is 36.4 Å². The van der Waals surface area contributed by atoms with Crippen LogP contribution < -0.4 is 0 Å². The third-order valence-corrected chi connectivity index (χ3v) is 3.36. The summed E-state index contributed by atoms with van der Waals surface area (Å²) in [6, 6.07) is 0. The van der Waals surface area contributed by atoms with E-state index in [9.17, 15) is 0 Å². The molecule has 0 aromatic heterocycles. The lowest BCUT2D eigenvalue weighted by molar-refractivity contribution is 0.141. The molecular weight excluding hydrogens is 215 g/mol. The highest BCUT2D eigenvalue weighted by atomic mass is 14.4. The molecule has 0 unspecified atom stereocenters. The minimum atomic E-state index is 0.221. The summed E-state index contributed by atoms with van der Waals surface area (Å²) in [5.74, 6) is 0.459. The van der Waals surface area contributed by atoms with Crippen LogP contribution >= 0.6 is 0 Å². The van der Waals surface area contributed by atoms with Crippen molar-refractivity contribution in [2.45, 2.75) is 55.2 Å². The Morgan fingerprint density at radius 3 is 1.56 bits per heavy atom. The van der Waals surface area contributed by atoms with Gasteiger partial charge in [-0.1, -0.05) is 85.0 Å². The molecule has 1 heteroatoms. The van der Waals surface area contributed by atoms with E-state index in [2.05, 4.69) is 80.5 Å². The first kappa shape index (κ1) is 17.3. The maximum absolute atomic E-state index is 4.29. The first-order chi connectivity index (χ1) is 7.87. The molecule has 0 spiro atoms. The van der Waals surface area contributed by atoms with Crippen molar-refractivity contribution in [1.82, 2.24) is 0 Å². The van der Waals surface area contributed by atoms with Crippen LogP contribution in [0.15, 0.2) is 36.4 Å². The van der Waals surface area contributed by atoms with Crippen LogP contribution in [0.25, 0.3) is 0 Å². The zero-order valence-corrected chi connectivity index (χ0v) is 13.7. The minimum Gasteiger partial charge on any atom is -0.105 e. The lowest BCUT2D eigenvalue weighted by atomic mass is 9.49. The Morgan fingerprint density at radius 2 is 1.28 bits per heavy atom. The van der Waals surface area contributed by atoms with E-state index in [0.717, 1.165) is 5.47 Å². The van der Waals surface area contributed by atoms with Crippen molar-refractivity contribution in [1.29, 1.82) is 0 Å². The van der Waals surface area contributed by atoms with Gasteiger partial charge in [0.25, 0.3) is 0 Å². The summed E-state index contributed by atoms with van der Waals surface area (Å²) in [5.41, 5.74) is 2.81. The summed E-state index contributed by atoms with van der Waals surface area (Å²) in [5, 5.41) is 0. The molecule has 18 heavy (non-hydrogen) atoms. The SMILES string of the molecule is C=C(/C=C\C(=C)C(C(C)(C)C)C(C)(C)C)B(C)C. The second kappa shape index (κ2) is 5.95. The van der Waals surface area contributed by atoms with Crippen LogP contribution in [0.2, 0.25) is 13.6 Å². The molecule has 0 aliphatic carbocycles.